The zero-order valence-electron chi connectivity index (χ0n) is 15.8. The lowest BCUT2D eigenvalue weighted by Crippen LogP contribution is -2.37. The highest BCUT2D eigenvalue weighted by atomic mass is 79.9. The van der Waals surface area contributed by atoms with Gasteiger partial charge in [-0.1, -0.05) is 45.7 Å². The van der Waals surface area contributed by atoms with Crippen LogP contribution in [0.15, 0.2) is 46.9 Å². The average Bonchev–Trinajstić information content (AvgIpc) is 2.69. The fraction of sp³-hybridized carbons (Fsp3) is 0.429. The van der Waals surface area contributed by atoms with Crippen LogP contribution in [0.4, 0.5) is 0 Å². The summed E-state index contributed by atoms with van der Waals surface area (Å²) in [6, 6.07) is 13.9. The van der Waals surface area contributed by atoms with Crippen LogP contribution in [0.25, 0.3) is 0 Å². The first kappa shape index (κ1) is 23.5. The summed E-state index contributed by atoms with van der Waals surface area (Å²) in [5.41, 5.74) is 2.13. The molecule has 1 heterocycles. The molecule has 0 bridgehead atoms. The molecule has 1 saturated heterocycles. The number of nitrogens with zero attached hydrogens (tertiary/aromatic N) is 1. The SMILES string of the molecule is Cl.Clc1ccccc1COc1ccc(Br)cc1CNCCCN1CCOCC1. The van der Waals surface area contributed by atoms with Crippen LogP contribution < -0.4 is 10.1 Å². The molecule has 0 saturated carbocycles. The lowest BCUT2D eigenvalue weighted by atomic mass is 10.2. The molecular formula is C21H27BrCl2N2O2. The van der Waals surface area contributed by atoms with Crippen molar-refractivity contribution in [1.29, 1.82) is 0 Å². The van der Waals surface area contributed by atoms with Gasteiger partial charge in [0.15, 0.2) is 0 Å². The lowest BCUT2D eigenvalue weighted by molar-refractivity contribution is 0.0374. The quantitative estimate of drug-likeness (QED) is 0.507. The van der Waals surface area contributed by atoms with E-state index in [4.69, 9.17) is 21.1 Å². The van der Waals surface area contributed by atoms with E-state index in [1.165, 1.54) is 0 Å². The number of halogens is 3. The molecule has 3 rings (SSSR count). The average molecular weight is 490 g/mol. The first-order chi connectivity index (χ1) is 13.2. The number of nitrogens with one attached hydrogen (secondary N) is 1. The Labute approximate surface area is 187 Å². The maximum atomic E-state index is 6.23. The van der Waals surface area contributed by atoms with Crippen LogP contribution in [0.5, 0.6) is 5.75 Å². The van der Waals surface area contributed by atoms with Gasteiger partial charge in [-0.2, -0.15) is 0 Å². The van der Waals surface area contributed by atoms with Gasteiger partial charge >= 0.3 is 0 Å². The second kappa shape index (κ2) is 12.7. The summed E-state index contributed by atoms with van der Waals surface area (Å²) >= 11 is 9.78. The van der Waals surface area contributed by atoms with Crippen LogP contribution in [-0.4, -0.2) is 44.3 Å². The normalized spacial score (nSPS) is 14.5. The Bertz CT molecular complexity index is 727. The Balaban J connectivity index is 0.00000280. The number of hydrogen-bond acceptors (Lipinski definition) is 4. The van der Waals surface area contributed by atoms with Crippen molar-refractivity contribution in [3.8, 4) is 5.75 Å². The van der Waals surface area contributed by atoms with E-state index in [-0.39, 0.29) is 12.4 Å². The van der Waals surface area contributed by atoms with E-state index in [9.17, 15) is 0 Å². The van der Waals surface area contributed by atoms with Gasteiger partial charge in [-0.25, -0.2) is 0 Å². The number of morpholine rings is 1. The molecule has 28 heavy (non-hydrogen) atoms. The van der Waals surface area contributed by atoms with E-state index in [0.29, 0.717) is 6.61 Å². The second-order valence-electron chi connectivity index (χ2n) is 6.62. The molecule has 0 spiro atoms. The van der Waals surface area contributed by atoms with Crippen molar-refractivity contribution in [1.82, 2.24) is 10.2 Å². The Morgan fingerprint density at radius 3 is 2.68 bits per heavy atom. The topological polar surface area (TPSA) is 33.7 Å². The smallest absolute Gasteiger partial charge is 0.124 e. The molecule has 2 aromatic carbocycles. The Morgan fingerprint density at radius 2 is 1.89 bits per heavy atom. The minimum Gasteiger partial charge on any atom is -0.489 e. The highest BCUT2D eigenvalue weighted by Crippen LogP contribution is 2.25. The van der Waals surface area contributed by atoms with Crippen molar-refractivity contribution in [2.75, 3.05) is 39.4 Å². The van der Waals surface area contributed by atoms with Gasteiger partial charge < -0.3 is 14.8 Å². The molecule has 0 aliphatic carbocycles. The van der Waals surface area contributed by atoms with E-state index in [1.54, 1.807) is 0 Å². The highest BCUT2D eigenvalue weighted by Gasteiger charge is 2.10. The molecule has 0 aromatic heterocycles. The summed E-state index contributed by atoms with van der Waals surface area (Å²) in [4.78, 5) is 2.46. The molecule has 1 N–H and O–H groups in total. The zero-order valence-corrected chi connectivity index (χ0v) is 19.0. The Morgan fingerprint density at radius 1 is 1.11 bits per heavy atom. The monoisotopic (exact) mass is 488 g/mol. The van der Waals surface area contributed by atoms with Gasteiger partial charge in [0.1, 0.15) is 12.4 Å². The molecule has 0 amide bonds. The molecule has 0 unspecified atom stereocenters. The number of hydrogen-bond donors (Lipinski definition) is 1. The minimum absolute atomic E-state index is 0. The van der Waals surface area contributed by atoms with Gasteiger partial charge in [-0.3, -0.25) is 4.90 Å². The number of rotatable bonds is 9. The summed E-state index contributed by atoms with van der Waals surface area (Å²) in [6.07, 6.45) is 1.13. The molecule has 2 aromatic rings. The Hall–Kier alpha value is -0.820. The molecule has 0 radical (unpaired) electrons. The van der Waals surface area contributed by atoms with E-state index in [2.05, 4.69) is 32.2 Å². The minimum atomic E-state index is 0. The van der Waals surface area contributed by atoms with Crippen molar-refractivity contribution < 1.29 is 9.47 Å². The molecule has 0 atom stereocenters. The third-order valence-electron chi connectivity index (χ3n) is 4.61. The van der Waals surface area contributed by atoms with E-state index in [1.807, 2.05) is 36.4 Å². The predicted octanol–water partition coefficient (Wildman–Crippen LogP) is 4.92. The van der Waals surface area contributed by atoms with Gasteiger partial charge in [0.25, 0.3) is 0 Å². The third-order valence-corrected chi connectivity index (χ3v) is 5.47. The van der Waals surface area contributed by atoms with E-state index < -0.39 is 0 Å². The largest absolute Gasteiger partial charge is 0.489 e. The molecule has 1 aliphatic heterocycles. The van der Waals surface area contributed by atoms with Crippen LogP contribution in [0.2, 0.25) is 5.02 Å². The molecule has 7 heteroatoms. The molecule has 4 nitrogen and oxygen atoms in total. The summed E-state index contributed by atoms with van der Waals surface area (Å²) in [5.74, 6) is 0.888. The fourth-order valence-corrected chi connectivity index (χ4v) is 3.67. The van der Waals surface area contributed by atoms with Gasteiger partial charge in [-0.05, 0) is 43.8 Å². The molecular weight excluding hydrogens is 463 g/mol. The van der Waals surface area contributed by atoms with Crippen molar-refractivity contribution >= 4 is 39.9 Å². The van der Waals surface area contributed by atoms with Crippen LogP contribution in [-0.2, 0) is 17.9 Å². The summed E-state index contributed by atoms with van der Waals surface area (Å²) in [7, 11) is 0. The third kappa shape index (κ3) is 7.54. The predicted molar refractivity (Wildman–Crippen MR) is 121 cm³/mol. The van der Waals surface area contributed by atoms with Crippen LogP contribution in [0, 0.1) is 0 Å². The molecule has 154 valence electrons. The summed E-state index contributed by atoms with van der Waals surface area (Å²) < 4.78 is 12.5. The van der Waals surface area contributed by atoms with Crippen LogP contribution >= 0.6 is 39.9 Å². The maximum absolute atomic E-state index is 6.23. The standard InChI is InChI=1S/C21H26BrClN2O2.ClH/c22-19-6-7-21(27-16-17-4-1-2-5-20(17)23)18(14-19)15-24-8-3-9-25-10-12-26-13-11-25;/h1-2,4-7,14,24H,3,8-13,15-16H2;1H. The first-order valence-corrected chi connectivity index (χ1v) is 10.5. The van der Waals surface area contributed by atoms with E-state index in [0.717, 1.165) is 78.7 Å². The summed E-state index contributed by atoms with van der Waals surface area (Å²) in [5, 5.41) is 4.27. The van der Waals surface area contributed by atoms with Crippen molar-refractivity contribution in [2.45, 2.75) is 19.6 Å². The van der Waals surface area contributed by atoms with Crippen molar-refractivity contribution in [3.05, 3.63) is 63.1 Å². The molecule has 1 fully saturated rings. The number of benzene rings is 2. The lowest BCUT2D eigenvalue weighted by Gasteiger charge is -2.26. The van der Waals surface area contributed by atoms with Gasteiger partial charge in [0.2, 0.25) is 0 Å². The maximum Gasteiger partial charge on any atom is 0.124 e. The van der Waals surface area contributed by atoms with Crippen molar-refractivity contribution in [3.63, 3.8) is 0 Å². The second-order valence-corrected chi connectivity index (χ2v) is 7.94. The van der Waals surface area contributed by atoms with Gasteiger partial charge in [-0.15, -0.1) is 12.4 Å². The van der Waals surface area contributed by atoms with Gasteiger partial charge in [0.05, 0.1) is 13.2 Å². The summed E-state index contributed by atoms with van der Waals surface area (Å²) in [6.45, 7) is 7.15. The van der Waals surface area contributed by atoms with E-state index >= 15 is 0 Å². The van der Waals surface area contributed by atoms with Gasteiger partial charge in [0, 0.05) is 40.3 Å². The zero-order chi connectivity index (χ0) is 18.9. The van der Waals surface area contributed by atoms with Crippen molar-refractivity contribution in [2.24, 2.45) is 0 Å². The first-order valence-electron chi connectivity index (χ1n) is 9.38. The number of ether oxygens (including phenoxy) is 2. The van der Waals surface area contributed by atoms with Crippen LogP contribution in [0.3, 0.4) is 0 Å². The molecule has 1 aliphatic rings. The fourth-order valence-electron chi connectivity index (χ4n) is 3.07. The van der Waals surface area contributed by atoms with Crippen LogP contribution in [0.1, 0.15) is 17.5 Å². The Kier molecular flexibility index (Phi) is 10.6. The highest BCUT2D eigenvalue weighted by molar-refractivity contribution is 9.10.